The lowest BCUT2D eigenvalue weighted by atomic mass is 10.1. The number of para-hydroxylation sites is 1. The number of anilines is 3. The van der Waals surface area contributed by atoms with Crippen LogP contribution in [0.5, 0.6) is 0 Å². The minimum absolute atomic E-state index is 0.0349. The van der Waals surface area contributed by atoms with Crippen molar-refractivity contribution in [1.29, 1.82) is 0 Å². The predicted octanol–water partition coefficient (Wildman–Crippen LogP) is 3.52. The lowest BCUT2D eigenvalue weighted by molar-refractivity contribution is -0.116. The molecular formula is C22H21FN4O3S. The fourth-order valence-electron chi connectivity index (χ4n) is 3.51. The Bertz CT molecular complexity index is 1230. The average molecular weight is 441 g/mol. The van der Waals surface area contributed by atoms with Crippen molar-refractivity contribution in [1.82, 2.24) is 9.29 Å². The Morgan fingerprint density at radius 2 is 1.94 bits per heavy atom. The number of aromatic nitrogens is 1. The van der Waals surface area contributed by atoms with Gasteiger partial charge in [0.2, 0.25) is 15.9 Å². The Morgan fingerprint density at radius 3 is 2.71 bits per heavy atom. The third-order valence-corrected chi connectivity index (χ3v) is 6.83. The average Bonchev–Trinajstić information content (AvgIpc) is 2.76. The van der Waals surface area contributed by atoms with Gasteiger partial charge < -0.3 is 10.2 Å². The Balaban J connectivity index is 1.66. The molecule has 0 fully saturated rings. The summed E-state index contributed by atoms with van der Waals surface area (Å²) in [6, 6.07) is 16.1. The lowest BCUT2D eigenvalue weighted by Gasteiger charge is -2.36. The van der Waals surface area contributed by atoms with Gasteiger partial charge >= 0.3 is 0 Å². The molecule has 0 atom stereocenters. The van der Waals surface area contributed by atoms with E-state index >= 15 is 0 Å². The van der Waals surface area contributed by atoms with Crippen molar-refractivity contribution >= 4 is 33.1 Å². The van der Waals surface area contributed by atoms with Gasteiger partial charge in [-0.3, -0.25) is 4.79 Å². The number of nitrogens with zero attached hydrogens (tertiary/aromatic N) is 3. The molecule has 0 saturated heterocycles. The highest BCUT2D eigenvalue weighted by Crippen LogP contribution is 2.36. The molecule has 3 aromatic rings. The van der Waals surface area contributed by atoms with Crippen molar-refractivity contribution in [2.24, 2.45) is 0 Å². The predicted molar refractivity (Wildman–Crippen MR) is 116 cm³/mol. The van der Waals surface area contributed by atoms with Gasteiger partial charge in [0, 0.05) is 17.6 Å². The summed E-state index contributed by atoms with van der Waals surface area (Å²) < 4.78 is 41.2. The molecule has 2 aromatic carbocycles. The maximum Gasteiger partial charge on any atom is 0.248 e. The fraction of sp³-hybridized carbons (Fsp3) is 0.182. The first kappa shape index (κ1) is 21.0. The molecule has 0 bridgehead atoms. The van der Waals surface area contributed by atoms with Gasteiger partial charge in [-0.05, 0) is 48.4 Å². The minimum Gasteiger partial charge on any atom is -0.325 e. The van der Waals surface area contributed by atoms with Crippen molar-refractivity contribution in [2.75, 3.05) is 23.4 Å². The topological polar surface area (TPSA) is 82.6 Å². The molecule has 4 rings (SSSR count). The van der Waals surface area contributed by atoms with Gasteiger partial charge in [-0.2, -0.15) is 4.31 Å². The van der Waals surface area contributed by atoms with Crippen molar-refractivity contribution in [3.63, 3.8) is 0 Å². The molecule has 0 unspecified atom stereocenters. The second kappa shape index (κ2) is 8.44. The second-order valence-electron chi connectivity index (χ2n) is 7.05. The van der Waals surface area contributed by atoms with Crippen molar-refractivity contribution in [3.05, 3.63) is 78.2 Å². The first-order valence-corrected chi connectivity index (χ1v) is 11.2. The van der Waals surface area contributed by atoms with Gasteiger partial charge in [-0.15, -0.1) is 0 Å². The summed E-state index contributed by atoms with van der Waals surface area (Å²) >= 11 is 0. The molecule has 31 heavy (non-hydrogen) atoms. The van der Waals surface area contributed by atoms with E-state index in [9.17, 15) is 17.6 Å². The molecule has 9 heteroatoms. The monoisotopic (exact) mass is 440 g/mol. The maximum atomic E-state index is 13.8. The number of hydrogen-bond donors (Lipinski definition) is 1. The third-order valence-electron chi connectivity index (χ3n) is 5.04. The molecule has 0 spiro atoms. The number of sulfonamides is 1. The number of pyridine rings is 1. The minimum atomic E-state index is -3.96. The SMILES string of the molecule is CCc1ccccc1NC(=O)CN1CN(c2cccc(F)c2)c2ncccc2S1(=O)=O. The number of benzene rings is 2. The van der Waals surface area contributed by atoms with Crippen LogP contribution >= 0.6 is 0 Å². The summed E-state index contributed by atoms with van der Waals surface area (Å²) in [6.45, 7) is 1.42. The summed E-state index contributed by atoms with van der Waals surface area (Å²) in [7, 11) is -3.96. The van der Waals surface area contributed by atoms with Crippen LogP contribution in [0.2, 0.25) is 0 Å². The van der Waals surface area contributed by atoms with Crippen LogP contribution in [0, 0.1) is 5.82 Å². The molecule has 1 aromatic heterocycles. The van der Waals surface area contributed by atoms with Gasteiger partial charge in [-0.1, -0.05) is 31.2 Å². The van der Waals surface area contributed by atoms with Gasteiger partial charge in [0.25, 0.3) is 0 Å². The molecular weight excluding hydrogens is 419 g/mol. The maximum absolute atomic E-state index is 13.8. The summed E-state index contributed by atoms with van der Waals surface area (Å²) in [5, 5.41) is 2.80. The van der Waals surface area contributed by atoms with Crippen LogP contribution in [0.4, 0.5) is 21.6 Å². The molecule has 0 aliphatic carbocycles. The number of carbonyl (C=O) groups excluding carboxylic acids is 1. The van der Waals surface area contributed by atoms with Crippen molar-refractivity contribution in [2.45, 2.75) is 18.2 Å². The highest BCUT2D eigenvalue weighted by molar-refractivity contribution is 7.89. The molecule has 0 radical (unpaired) electrons. The number of aryl methyl sites for hydroxylation is 1. The summed E-state index contributed by atoms with van der Waals surface area (Å²) in [5.41, 5.74) is 2.04. The second-order valence-corrected chi connectivity index (χ2v) is 8.95. The Morgan fingerprint density at radius 1 is 1.13 bits per heavy atom. The van der Waals surface area contributed by atoms with Gasteiger partial charge in [0.05, 0.1) is 13.2 Å². The summed E-state index contributed by atoms with van der Waals surface area (Å²) in [4.78, 5) is 18.5. The molecule has 160 valence electrons. The number of nitrogens with one attached hydrogen (secondary N) is 1. The number of amides is 1. The van der Waals surface area contributed by atoms with E-state index in [1.54, 1.807) is 23.1 Å². The van der Waals surface area contributed by atoms with E-state index in [2.05, 4.69) is 10.3 Å². The number of carbonyl (C=O) groups is 1. The standard InChI is InChI=1S/C22H21FN4O3S/c1-2-16-7-3-4-10-19(16)25-21(28)14-26-15-27(18-9-5-8-17(23)13-18)22-20(31(26,29)30)11-6-12-24-22/h3-13H,2,14-15H2,1H3,(H,25,28). The number of rotatable bonds is 5. The first-order chi connectivity index (χ1) is 14.9. The first-order valence-electron chi connectivity index (χ1n) is 9.76. The van der Waals surface area contributed by atoms with Crippen LogP contribution < -0.4 is 10.2 Å². The molecule has 2 heterocycles. The van der Waals surface area contributed by atoms with Crippen LogP contribution in [0.15, 0.2) is 71.8 Å². The zero-order valence-corrected chi connectivity index (χ0v) is 17.6. The molecule has 7 nitrogen and oxygen atoms in total. The normalized spacial score (nSPS) is 15.4. The zero-order chi connectivity index (χ0) is 22.0. The van der Waals surface area contributed by atoms with Gasteiger partial charge in [0.1, 0.15) is 10.7 Å². The Kier molecular flexibility index (Phi) is 5.71. The number of hydrogen-bond acceptors (Lipinski definition) is 5. The number of halogens is 1. The van der Waals surface area contributed by atoms with Crippen molar-refractivity contribution in [3.8, 4) is 0 Å². The highest BCUT2D eigenvalue weighted by atomic mass is 32.2. The van der Waals surface area contributed by atoms with E-state index < -0.39 is 21.7 Å². The van der Waals surface area contributed by atoms with Gasteiger partial charge in [-0.25, -0.2) is 17.8 Å². The van der Waals surface area contributed by atoms with Crippen LogP contribution in [0.25, 0.3) is 0 Å². The highest BCUT2D eigenvalue weighted by Gasteiger charge is 2.38. The summed E-state index contributed by atoms with van der Waals surface area (Å²) in [5.74, 6) is -0.721. The lowest BCUT2D eigenvalue weighted by Crippen LogP contribution is -2.47. The molecule has 0 saturated carbocycles. The quantitative estimate of drug-likeness (QED) is 0.656. The van der Waals surface area contributed by atoms with E-state index in [4.69, 9.17) is 0 Å². The van der Waals surface area contributed by atoms with E-state index in [1.807, 2.05) is 19.1 Å². The van der Waals surface area contributed by atoms with Crippen LogP contribution in [0.1, 0.15) is 12.5 Å². The largest absolute Gasteiger partial charge is 0.325 e. The molecule has 1 amide bonds. The Hall–Kier alpha value is -3.30. The molecule has 1 aliphatic heterocycles. The zero-order valence-electron chi connectivity index (χ0n) is 16.8. The van der Waals surface area contributed by atoms with Crippen LogP contribution in [-0.2, 0) is 21.2 Å². The Labute approximate surface area is 180 Å². The smallest absolute Gasteiger partial charge is 0.248 e. The van der Waals surface area contributed by atoms with E-state index in [-0.39, 0.29) is 23.9 Å². The summed E-state index contributed by atoms with van der Waals surface area (Å²) in [6.07, 6.45) is 2.20. The molecule has 1 aliphatic rings. The van der Waals surface area contributed by atoms with E-state index in [0.29, 0.717) is 11.4 Å². The fourth-order valence-corrected chi connectivity index (χ4v) is 4.99. The third kappa shape index (κ3) is 4.14. The van der Waals surface area contributed by atoms with E-state index in [1.165, 1.54) is 36.5 Å². The number of fused-ring (bicyclic) bond motifs is 1. The van der Waals surface area contributed by atoms with Gasteiger partial charge in [0.15, 0.2) is 5.82 Å². The van der Waals surface area contributed by atoms with Crippen LogP contribution in [0.3, 0.4) is 0 Å². The van der Waals surface area contributed by atoms with Crippen molar-refractivity contribution < 1.29 is 17.6 Å². The van der Waals surface area contributed by atoms with E-state index in [0.717, 1.165) is 16.3 Å². The molecule has 1 N–H and O–H groups in total. The van der Waals surface area contributed by atoms with Crippen LogP contribution in [-0.4, -0.2) is 36.8 Å².